The normalized spacial score (nSPS) is 14.7. The summed E-state index contributed by atoms with van der Waals surface area (Å²) in [5, 5.41) is 4.33. The molecule has 1 fully saturated rings. The number of nitrogens with zero attached hydrogens (tertiary/aromatic N) is 2. The van der Waals surface area contributed by atoms with E-state index in [0.29, 0.717) is 10.6 Å². The molecule has 1 aliphatic heterocycles. The largest absolute Gasteiger partial charge is 0.378 e. The summed E-state index contributed by atoms with van der Waals surface area (Å²) in [6.45, 7) is 3.18. The molecule has 5 nitrogen and oxygen atoms in total. The minimum absolute atomic E-state index is 0.220. The van der Waals surface area contributed by atoms with Crippen molar-refractivity contribution in [1.82, 2.24) is 4.98 Å². The van der Waals surface area contributed by atoms with E-state index >= 15 is 0 Å². The number of nitrogens with one attached hydrogen (secondary N) is 1. The average molecular weight is 374 g/mol. The summed E-state index contributed by atoms with van der Waals surface area (Å²) in [6, 6.07) is 12.7. The SMILES string of the molecule is O=C(Nc1ccc2nc(N3CCOCC3)sc2c1)c1ccccc1Cl. The molecule has 7 heteroatoms. The van der Waals surface area contributed by atoms with Crippen molar-refractivity contribution in [2.24, 2.45) is 0 Å². The summed E-state index contributed by atoms with van der Waals surface area (Å²) < 4.78 is 6.43. The Labute approximate surface area is 154 Å². The van der Waals surface area contributed by atoms with Gasteiger partial charge in [0.15, 0.2) is 5.13 Å². The van der Waals surface area contributed by atoms with Crippen molar-refractivity contribution in [1.29, 1.82) is 0 Å². The first-order valence-corrected chi connectivity index (χ1v) is 9.19. The Morgan fingerprint density at radius 3 is 2.80 bits per heavy atom. The second-order valence-electron chi connectivity index (χ2n) is 5.71. The highest BCUT2D eigenvalue weighted by Crippen LogP contribution is 2.31. The van der Waals surface area contributed by atoms with Gasteiger partial charge in [0.1, 0.15) is 0 Å². The molecule has 1 aliphatic rings. The van der Waals surface area contributed by atoms with Gasteiger partial charge in [-0.25, -0.2) is 4.98 Å². The van der Waals surface area contributed by atoms with Gasteiger partial charge >= 0.3 is 0 Å². The maximum Gasteiger partial charge on any atom is 0.257 e. The van der Waals surface area contributed by atoms with Crippen LogP contribution in [0, 0.1) is 0 Å². The predicted molar refractivity (Wildman–Crippen MR) is 102 cm³/mol. The van der Waals surface area contributed by atoms with E-state index in [1.54, 1.807) is 35.6 Å². The van der Waals surface area contributed by atoms with Gasteiger partial charge in [-0.15, -0.1) is 0 Å². The molecular weight excluding hydrogens is 358 g/mol. The van der Waals surface area contributed by atoms with Crippen LogP contribution in [0.1, 0.15) is 10.4 Å². The van der Waals surface area contributed by atoms with E-state index in [2.05, 4.69) is 15.2 Å². The fraction of sp³-hybridized carbons (Fsp3) is 0.222. The van der Waals surface area contributed by atoms with Crippen LogP contribution < -0.4 is 10.2 Å². The van der Waals surface area contributed by atoms with Gasteiger partial charge < -0.3 is 15.0 Å². The van der Waals surface area contributed by atoms with Crippen LogP contribution in [-0.2, 0) is 4.74 Å². The third kappa shape index (κ3) is 3.46. The number of fused-ring (bicyclic) bond motifs is 1. The van der Waals surface area contributed by atoms with Crippen LogP contribution in [0.5, 0.6) is 0 Å². The molecule has 1 amide bonds. The highest BCUT2D eigenvalue weighted by atomic mass is 35.5. The maximum absolute atomic E-state index is 12.4. The van der Waals surface area contributed by atoms with E-state index in [0.717, 1.165) is 47.3 Å². The summed E-state index contributed by atoms with van der Waals surface area (Å²) in [6.07, 6.45) is 0. The standard InChI is InChI=1S/C18H16ClN3O2S/c19-14-4-2-1-3-13(14)17(23)20-12-5-6-15-16(11-12)25-18(21-15)22-7-9-24-10-8-22/h1-6,11H,7-10H2,(H,20,23). The molecule has 2 heterocycles. The van der Waals surface area contributed by atoms with Crippen molar-refractivity contribution in [3.63, 3.8) is 0 Å². The number of halogens is 1. The van der Waals surface area contributed by atoms with Crippen LogP contribution >= 0.6 is 22.9 Å². The molecule has 1 saturated heterocycles. The maximum atomic E-state index is 12.4. The Balaban J connectivity index is 1.56. The number of carbonyl (C=O) groups is 1. The van der Waals surface area contributed by atoms with E-state index in [1.165, 1.54) is 0 Å². The quantitative estimate of drug-likeness (QED) is 0.752. The number of ether oxygens (including phenoxy) is 1. The van der Waals surface area contributed by atoms with E-state index in [1.807, 2.05) is 18.2 Å². The number of anilines is 2. The summed E-state index contributed by atoms with van der Waals surface area (Å²) >= 11 is 7.71. The highest BCUT2D eigenvalue weighted by molar-refractivity contribution is 7.22. The lowest BCUT2D eigenvalue weighted by Crippen LogP contribution is -2.36. The van der Waals surface area contributed by atoms with E-state index in [-0.39, 0.29) is 5.91 Å². The number of morpholine rings is 1. The van der Waals surface area contributed by atoms with Crippen molar-refractivity contribution in [3.8, 4) is 0 Å². The molecule has 4 rings (SSSR count). The zero-order chi connectivity index (χ0) is 17.2. The van der Waals surface area contributed by atoms with E-state index in [4.69, 9.17) is 16.3 Å². The molecule has 0 atom stereocenters. The van der Waals surface area contributed by atoms with Crippen molar-refractivity contribution in [2.75, 3.05) is 36.5 Å². The Morgan fingerprint density at radius 2 is 2.00 bits per heavy atom. The number of carbonyl (C=O) groups excluding carboxylic acids is 1. The van der Waals surface area contributed by atoms with Crippen molar-refractivity contribution in [2.45, 2.75) is 0 Å². The molecule has 1 N–H and O–H groups in total. The minimum Gasteiger partial charge on any atom is -0.378 e. The molecule has 0 bridgehead atoms. The van der Waals surface area contributed by atoms with Gasteiger partial charge in [0, 0.05) is 18.8 Å². The summed E-state index contributed by atoms with van der Waals surface area (Å²) in [5.41, 5.74) is 2.12. The zero-order valence-corrected chi connectivity index (χ0v) is 14.9. The number of hydrogen-bond acceptors (Lipinski definition) is 5. The van der Waals surface area contributed by atoms with E-state index < -0.39 is 0 Å². The molecular formula is C18H16ClN3O2S. The van der Waals surface area contributed by atoms with Gasteiger partial charge in [0.25, 0.3) is 5.91 Å². The number of hydrogen-bond donors (Lipinski definition) is 1. The molecule has 0 unspecified atom stereocenters. The number of benzene rings is 2. The summed E-state index contributed by atoms with van der Waals surface area (Å²) in [7, 11) is 0. The van der Waals surface area contributed by atoms with E-state index in [9.17, 15) is 4.79 Å². The number of aromatic nitrogens is 1. The van der Waals surface area contributed by atoms with Gasteiger partial charge in [-0.1, -0.05) is 35.1 Å². The third-order valence-electron chi connectivity index (χ3n) is 4.04. The number of thiazole rings is 1. The van der Waals surface area contributed by atoms with Crippen molar-refractivity contribution < 1.29 is 9.53 Å². The average Bonchev–Trinajstić information content (AvgIpc) is 3.06. The second-order valence-corrected chi connectivity index (χ2v) is 7.13. The predicted octanol–water partition coefficient (Wildman–Crippen LogP) is 4.04. The Hall–Kier alpha value is -2.15. The number of rotatable bonds is 3. The first-order chi connectivity index (χ1) is 12.2. The zero-order valence-electron chi connectivity index (χ0n) is 13.4. The second kappa shape index (κ2) is 7.00. The smallest absolute Gasteiger partial charge is 0.257 e. The molecule has 0 spiro atoms. The molecule has 0 radical (unpaired) electrons. The lowest BCUT2D eigenvalue weighted by atomic mass is 10.2. The molecule has 0 aliphatic carbocycles. The first-order valence-electron chi connectivity index (χ1n) is 8.00. The molecule has 3 aromatic rings. The molecule has 1 aromatic heterocycles. The van der Waals surface area contributed by atoms with Crippen LogP contribution in [0.2, 0.25) is 5.02 Å². The van der Waals surface area contributed by atoms with Gasteiger partial charge in [0.05, 0.1) is 34.0 Å². The Bertz CT molecular complexity index is 922. The lowest BCUT2D eigenvalue weighted by molar-refractivity contribution is 0.102. The monoisotopic (exact) mass is 373 g/mol. The van der Waals surface area contributed by atoms with Crippen LogP contribution in [0.15, 0.2) is 42.5 Å². The summed E-state index contributed by atoms with van der Waals surface area (Å²) in [4.78, 5) is 19.3. The molecule has 0 saturated carbocycles. The molecule has 2 aromatic carbocycles. The summed E-state index contributed by atoms with van der Waals surface area (Å²) in [5.74, 6) is -0.220. The third-order valence-corrected chi connectivity index (χ3v) is 5.44. The number of amides is 1. The highest BCUT2D eigenvalue weighted by Gasteiger charge is 2.16. The molecule has 25 heavy (non-hydrogen) atoms. The van der Waals surface area contributed by atoms with Gasteiger partial charge in [-0.05, 0) is 30.3 Å². The lowest BCUT2D eigenvalue weighted by Gasteiger charge is -2.25. The first kappa shape index (κ1) is 16.3. The topological polar surface area (TPSA) is 54.5 Å². The fourth-order valence-electron chi connectivity index (χ4n) is 2.72. The van der Waals surface area contributed by atoms with Crippen LogP contribution in [0.25, 0.3) is 10.2 Å². The van der Waals surface area contributed by atoms with Crippen molar-refractivity contribution >= 4 is 49.9 Å². The van der Waals surface area contributed by atoms with Gasteiger partial charge in [-0.3, -0.25) is 4.79 Å². The van der Waals surface area contributed by atoms with Crippen LogP contribution in [0.3, 0.4) is 0 Å². The van der Waals surface area contributed by atoms with Gasteiger partial charge in [0.2, 0.25) is 0 Å². The molecule has 128 valence electrons. The van der Waals surface area contributed by atoms with Crippen molar-refractivity contribution in [3.05, 3.63) is 53.1 Å². The minimum atomic E-state index is -0.220. The van der Waals surface area contributed by atoms with Crippen LogP contribution in [0.4, 0.5) is 10.8 Å². The Morgan fingerprint density at radius 1 is 1.20 bits per heavy atom. The Kier molecular flexibility index (Phi) is 4.57. The van der Waals surface area contributed by atoms with Gasteiger partial charge in [-0.2, -0.15) is 0 Å². The fourth-order valence-corrected chi connectivity index (χ4v) is 4.00. The van der Waals surface area contributed by atoms with Crippen LogP contribution in [-0.4, -0.2) is 37.2 Å².